The normalized spacial score (nSPS) is 12.3. The Hall–Kier alpha value is -0.530. The molecule has 0 rings (SSSR count). The topological polar surface area (TPSA) is 49.9 Å². The predicted octanol–water partition coefficient (Wildman–Crippen LogP) is 11.1. The summed E-state index contributed by atoms with van der Waals surface area (Å²) in [5, 5.41) is 7.95. The first-order valence-corrected chi connectivity index (χ1v) is 15.6. The van der Waals surface area contributed by atoms with Crippen LogP contribution < -0.4 is 5.73 Å². The third kappa shape index (κ3) is 25.9. The Balaban J connectivity index is 3.41. The lowest BCUT2D eigenvalue weighted by Gasteiger charge is -2.15. The molecule has 2 nitrogen and oxygen atoms in total. The number of hydrogen-bond donors (Lipinski definition) is 2. The van der Waals surface area contributed by atoms with Crippen molar-refractivity contribution in [2.45, 2.75) is 187 Å². The van der Waals surface area contributed by atoms with E-state index in [2.05, 4.69) is 13.8 Å². The number of rotatable bonds is 28. The Morgan fingerprint density at radius 2 is 0.636 bits per heavy atom. The predicted molar refractivity (Wildman–Crippen MR) is 151 cm³/mol. The van der Waals surface area contributed by atoms with Crippen molar-refractivity contribution in [3.63, 3.8) is 0 Å². The maximum Gasteiger partial charge on any atom is 0.0936 e. The van der Waals surface area contributed by atoms with E-state index >= 15 is 0 Å². The molecule has 3 N–H and O–H groups in total. The van der Waals surface area contributed by atoms with E-state index in [0.29, 0.717) is 11.8 Å². The molecule has 0 aromatic carbocycles. The van der Waals surface area contributed by atoms with Gasteiger partial charge in [0.2, 0.25) is 0 Å². The average Bonchev–Trinajstić information content (AvgIpc) is 2.81. The van der Waals surface area contributed by atoms with Crippen LogP contribution in [0.3, 0.4) is 0 Å². The van der Waals surface area contributed by atoms with Crippen LogP contribution in [-0.4, -0.2) is 5.84 Å². The van der Waals surface area contributed by atoms with Gasteiger partial charge in [0.15, 0.2) is 0 Å². The van der Waals surface area contributed by atoms with E-state index in [0.717, 1.165) is 12.8 Å². The Labute approximate surface area is 210 Å². The van der Waals surface area contributed by atoms with Gasteiger partial charge in [-0.25, -0.2) is 0 Å². The number of amidine groups is 1. The zero-order valence-corrected chi connectivity index (χ0v) is 23.2. The number of hydrogen-bond acceptors (Lipinski definition) is 1. The summed E-state index contributed by atoms with van der Waals surface area (Å²) in [6.45, 7) is 4.58. The Kier molecular flexibility index (Phi) is 27.3. The van der Waals surface area contributed by atoms with Gasteiger partial charge in [0, 0.05) is 5.92 Å². The minimum atomic E-state index is 0.348. The van der Waals surface area contributed by atoms with Crippen molar-refractivity contribution in [1.82, 2.24) is 0 Å². The van der Waals surface area contributed by atoms with Gasteiger partial charge in [-0.2, -0.15) is 0 Å². The first-order chi connectivity index (χ1) is 16.2. The molecule has 33 heavy (non-hydrogen) atoms. The van der Waals surface area contributed by atoms with Crippen molar-refractivity contribution in [3.8, 4) is 0 Å². The van der Waals surface area contributed by atoms with Gasteiger partial charge in [0.1, 0.15) is 0 Å². The largest absolute Gasteiger partial charge is 0.387 e. The molecule has 198 valence electrons. The molecule has 0 saturated carbocycles. The van der Waals surface area contributed by atoms with Crippen LogP contribution in [0.25, 0.3) is 0 Å². The van der Waals surface area contributed by atoms with Crippen molar-refractivity contribution in [1.29, 1.82) is 5.41 Å². The highest BCUT2D eigenvalue weighted by Gasteiger charge is 2.11. The number of nitrogens with two attached hydrogens (primary N) is 1. The van der Waals surface area contributed by atoms with Crippen LogP contribution in [0.15, 0.2) is 0 Å². The van der Waals surface area contributed by atoms with Crippen molar-refractivity contribution in [3.05, 3.63) is 0 Å². The number of nitrogens with one attached hydrogen (secondary N) is 1. The molecule has 0 radical (unpaired) electrons. The second kappa shape index (κ2) is 27.7. The van der Waals surface area contributed by atoms with E-state index in [4.69, 9.17) is 11.1 Å². The average molecular weight is 465 g/mol. The SMILES string of the molecule is CCCCCCCCCCCCCCCC(CCCCCCCCCCCCCC)C(=N)N. The zero-order chi connectivity index (χ0) is 24.2. The maximum absolute atomic E-state index is 7.95. The summed E-state index contributed by atoms with van der Waals surface area (Å²) in [6.07, 6.45) is 37.3. The number of unbranched alkanes of at least 4 members (excludes halogenated alkanes) is 23. The minimum absolute atomic E-state index is 0.348. The molecule has 0 amide bonds. The van der Waals surface area contributed by atoms with Crippen LogP contribution in [0.4, 0.5) is 0 Å². The summed E-state index contributed by atoms with van der Waals surface area (Å²) in [6, 6.07) is 0. The minimum Gasteiger partial charge on any atom is -0.387 e. The molecule has 0 aliphatic heterocycles. The Bertz CT molecular complexity index is 379. The van der Waals surface area contributed by atoms with Crippen LogP contribution in [0.2, 0.25) is 0 Å². The van der Waals surface area contributed by atoms with Crippen molar-refractivity contribution in [2.24, 2.45) is 11.7 Å². The molecule has 1 atom stereocenters. The Morgan fingerprint density at radius 3 is 0.848 bits per heavy atom. The van der Waals surface area contributed by atoms with Gasteiger partial charge >= 0.3 is 0 Å². The molecule has 0 aliphatic carbocycles. The fourth-order valence-electron chi connectivity index (χ4n) is 5.10. The van der Waals surface area contributed by atoms with E-state index in [-0.39, 0.29) is 0 Å². The first kappa shape index (κ1) is 32.5. The quantitative estimate of drug-likeness (QED) is 0.0674. The van der Waals surface area contributed by atoms with Gasteiger partial charge in [0.25, 0.3) is 0 Å². The van der Waals surface area contributed by atoms with Crippen LogP contribution in [0, 0.1) is 11.3 Å². The third-order valence-electron chi connectivity index (χ3n) is 7.50. The molecule has 0 fully saturated rings. The van der Waals surface area contributed by atoms with Gasteiger partial charge in [-0.1, -0.05) is 174 Å². The lowest BCUT2D eigenvalue weighted by atomic mass is 9.93. The maximum atomic E-state index is 7.95. The van der Waals surface area contributed by atoms with Crippen molar-refractivity contribution >= 4 is 5.84 Å². The summed E-state index contributed by atoms with van der Waals surface area (Å²) in [5.41, 5.74) is 5.91. The fraction of sp³-hybridized carbons (Fsp3) is 0.968. The molecule has 0 aliphatic rings. The van der Waals surface area contributed by atoms with E-state index in [1.54, 1.807) is 0 Å². The van der Waals surface area contributed by atoms with Gasteiger partial charge in [0.05, 0.1) is 5.84 Å². The van der Waals surface area contributed by atoms with E-state index in [1.165, 1.54) is 161 Å². The van der Waals surface area contributed by atoms with E-state index in [9.17, 15) is 0 Å². The molecule has 1 unspecified atom stereocenters. The van der Waals surface area contributed by atoms with Crippen LogP contribution >= 0.6 is 0 Å². The summed E-state index contributed by atoms with van der Waals surface area (Å²) < 4.78 is 0. The van der Waals surface area contributed by atoms with Gasteiger partial charge in [-0.15, -0.1) is 0 Å². The molecule has 0 aromatic rings. The van der Waals surface area contributed by atoms with Gasteiger partial charge in [-0.3, -0.25) is 5.41 Å². The standard InChI is InChI=1S/C31H64N2/c1-3-5-7-9-11-13-15-17-19-21-23-25-27-29-30(31(32)33)28-26-24-22-20-18-16-14-12-10-8-6-4-2/h30H,3-29H2,1-2H3,(H3,32,33). The highest BCUT2D eigenvalue weighted by molar-refractivity contribution is 5.79. The molecular formula is C31H64N2. The van der Waals surface area contributed by atoms with Crippen LogP contribution in [-0.2, 0) is 0 Å². The summed E-state index contributed by atoms with van der Waals surface area (Å²) >= 11 is 0. The molecule has 0 heterocycles. The van der Waals surface area contributed by atoms with Gasteiger partial charge in [-0.05, 0) is 12.8 Å². The van der Waals surface area contributed by atoms with Crippen molar-refractivity contribution in [2.75, 3.05) is 0 Å². The Morgan fingerprint density at radius 1 is 0.424 bits per heavy atom. The molecule has 0 saturated heterocycles. The molecule has 0 spiro atoms. The fourth-order valence-corrected chi connectivity index (χ4v) is 5.10. The lowest BCUT2D eigenvalue weighted by Crippen LogP contribution is -2.22. The molecule has 0 bridgehead atoms. The highest BCUT2D eigenvalue weighted by atomic mass is 14.7. The first-order valence-electron chi connectivity index (χ1n) is 15.6. The van der Waals surface area contributed by atoms with Crippen LogP contribution in [0.5, 0.6) is 0 Å². The molecule has 2 heteroatoms. The monoisotopic (exact) mass is 465 g/mol. The second-order valence-corrected chi connectivity index (χ2v) is 10.9. The molecule has 0 aromatic heterocycles. The third-order valence-corrected chi connectivity index (χ3v) is 7.50. The zero-order valence-electron chi connectivity index (χ0n) is 23.2. The summed E-state index contributed by atoms with van der Waals surface area (Å²) in [4.78, 5) is 0. The van der Waals surface area contributed by atoms with Crippen LogP contribution in [0.1, 0.15) is 187 Å². The summed E-state index contributed by atoms with van der Waals surface area (Å²) in [5.74, 6) is 0.790. The van der Waals surface area contributed by atoms with E-state index < -0.39 is 0 Å². The highest BCUT2D eigenvalue weighted by Crippen LogP contribution is 2.20. The van der Waals surface area contributed by atoms with Gasteiger partial charge < -0.3 is 5.73 Å². The second-order valence-electron chi connectivity index (χ2n) is 10.9. The summed E-state index contributed by atoms with van der Waals surface area (Å²) in [7, 11) is 0. The lowest BCUT2D eigenvalue weighted by molar-refractivity contribution is 0.474. The molecular weight excluding hydrogens is 400 g/mol. The van der Waals surface area contributed by atoms with E-state index in [1.807, 2.05) is 0 Å². The van der Waals surface area contributed by atoms with Crippen molar-refractivity contribution < 1.29 is 0 Å². The smallest absolute Gasteiger partial charge is 0.0936 e.